The van der Waals surface area contributed by atoms with Crippen molar-refractivity contribution >= 4 is 11.9 Å². The average Bonchev–Trinajstić information content (AvgIpc) is 2.74. The van der Waals surface area contributed by atoms with Crippen LogP contribution in [0.4, 0.5) is 4.79 Å². The SMILES string of the molecule is CCCC(N)c1cn(CCC(=O)NC(N)=O)nn1. The van der Waals surface area contributed by atoms with Gasteiger partial charge in [0.05, 0.1) is 24.5 Å². The smallest absolute Gasteiger partial charge is 0.318 e. The molecule has 0 radical (unpaired) electrons. The first-order chi connectivity index (χ1) is 8.52. The van der Waals surface area contributed by atoms with Crippen LogP contribution in [0.15, 0.2) is 6.20 Å². The topological polar surface area (TPSA) is 129 Å². The zero-order valence-corrected chi connectivity index (χ0v) is 10.3. The van der Waals surface area contributed by atoms with Gasteiger partial charge in [0.15, 0.2) is 0 Å². The molecule has 1 aromatic rings. The predicted octanol–water partition coefficient (Wildman–Crippen LogP) is -0.337. The highest BCUT2D eigenvalue weighted by molar-refractivity contribution is 5.93. The standard InChI is InChI=1S/C10H18N6O2/c1-2-3-7(11)8-6-16(15-14-8)5-4-9(17)13-10(12)18/h6-7H,2-5,11H2,1H3,(H3,12,13,17,18). The van der Waals surface area contributed by atoms with E-state index in [4.69, 9.17) is 11.5 Å². The number of imide groups is 1. The minimum Gasteiger partial charge on any atom is -0.351 e. The molecule has 0 saturated heterocycles. The highest BCUT2D eigenvalue weighted by Gasteiger charge is 2.10. The van der Waals surface area contributed by atoms with E-state index < -0.39 is 11.9 Å². The van der Waals surface area contributed by atoms with Crippen LogP contribution < -0.4 is 16.8 Å². The number of hydrogen-bond donors (Lipinski definition) is 3. The molecule has 0 aromatic carbocycles. The number of aryl methyl sites for hydroxylation is 1. The van der Waals surface area contributed by atoms with Crippen LogP contribution in [0, 0.1) is 0 Å². The summed E-state index contributed by atoms with van der Waals surface area (Å²) < 4.78 is 1.52. The summed E-state index contributed by atoms with van der Waals surface area (Å²) in [5.74, 6) is -0.447. The minimum absolute atomic E-state index is 0.106. The van der Waals surface area contributed by atoms with Crippen molar-refractivity contribution < 1.29 is 9.59 Å². The van der Waals surface area contributed by atoms with Crippen LogP contribution in [0.5, 0.6) is 0 Å². The van der Waals surface area contributed by atoms with Gasteiger partial charge in [0.2, 0.25) is 5.91 Å². The predicted molar refractivity (Wildman–Crippen MR) is 64.2 cm³/mol. The fraction of sp³-hybridized carbons (Fsp3) is 0.600. The van der Waals surface area contributed by atoms with Crippen molar-refractivity contribution in [1.82, 2.24) is 20.3 Å². The maximum absolute atomic E-state index is 11.2. The van der Waals surface area contributed by atoms with Crippen molar-refractivity contribution in [3.8, 4) is 0 Å². The van der Waals surface area contributed by atoms with E-state index >= 15 is 0 Å². The summed E-state index contributed by atoms with van der Waals surface area (Å²) in [5.41, 5.74) is 11.4. The van der Waals surface area contributed by atoms with E-state index in [1.54, 1.807) is 6.20 Å². The Labute approximate surface area is 105 Å². The van der Waals surface area contributed by atoms with E-state index in [1.165, 1.54) is 4.68 Å². The molecule has 8 heteroatoms. The molecule has 1 atom stereocenters. The van der Waals surface area contributed by atoms with Gasteiger partial charge in [-0.05, 0) is 6.42 Å². The number of hydrogen-bond acceptors (Lipinski definition) is 5. The Morgan fingerprint density at radius 1 is 1.56 bits per heavy atom. The Kier molecular flexibility index (Phi) is 5.25. The number of carbonyl (C=O) groups excluding carboxylic acids is 2. The van der Waals surface area contributed by atoms with Gasteiger partial charge in [0.1, 0.15) is 0 Å². The lowest BCUT2D eigenvalue weighted by atomic mass is 10.1. The molecule has 0 aliphatic heterocycles. The number of rotatable bonds is 6. The summed E-state index contributed by atoms with van der Waals surface area (Å²) in [5, 5.41) is 9.78. The van der Waals surface area contributed by atoms with Gasteiger partial charge in [-0.1, -0.05) is 18.6 Å². The van der Waals surface area contributed by atoms with E-state index in [1.807, 2.05) is 12.2 Å². The van der Waals surface area contributed by atoms with Crippen LogP contribution >= 0.6 is 0 Å². The fourth-order valence-corrected chi connectivity index (χ4v) is 1.47. The lowest BCUT2D eigenvalue weighted by Crippen LogP contribution is -2.35. The highest BCUT2D eigenvalue weighted by Crippen LogP contribution is 2.11. The van der Waals surface area contributed by atoms with Gasteiger partial charge >= 0.3 is 6.03 Å². The fourth-order valence-electron chi connectivity index (χ4n) is 1.47. The number of nitrogens with two attached hydrogens (primary N) is 2. The van der Waals surface area contributed by atoms with E-state index in [2.05, 4.69) is 10.3 Å². The lowest BCUT2D eigenvalue weighted by Gasteiger charge is -2.04. The second kappa shape index (κ2) is 6.70. The first-order valence-corrected chi connectivity index (χ1v) is 5.77. The van der Waals surface area contributed by atoms with Gasteiger partial charge in [0, 0.05) is 6.42 Å². The van der Waals surface area contributed by atoms with Crippen LogP contribution in [0.2, 0.25) is 0 Å². The van der Waals surface area contributed by atoms with Gasteiger partial charge in [-0.2, -0.15) is 0 Å². The van der Waals surface area contributed by atoms with Crippen molar-refractivity contribution in [2.45, 2.75) is 38.8 Å². The third kappa shape index (κ3) is 4.50. The molecule has 0 bridgehead atoms. The molecule has 1 heterocycles. The van der Waals surface area contributed by atoms with E-state index in [0.29, 0.717) is 12.2 Å². The first kappa shape index (κ1) is 14.1. The van der Waals surface area contributed by atoms with Gasteiger partial charge < -0.3 is 11.5 Å². The number of carbonyl (C=O) groups is 2. The molecule has 0 aliphatic carbocycles. The summed E-state index contributed by atoms with van der Waals surface area (Å²) in [7, 11) is 0. The number of aromatic nitrogens is 3. The van der Waals surface area contributed by atoms with Crippen LogP contribution in [0.25, 0.3) is 0 Å². The maximum Gasteiger partial charge on any atom is 0.318 e. The Hall–Kier alpha value is -1.96. The normalized spacial score (nSPS) is 12.1. The third-order valence-corrected chi connectivity index (χ3v) is 2.37. The van der Waals surface area contributed by atoms with Crippen LogP contribution in [0.3, 0.4) is 0 Å². The first-order valence-electron chi connectivity index (χ1n) is 5.77. The Morgan fingerprint density at radius 3 is 2.89 bits per heavy atom. The Bertz CT molecular complexity index is 416. The Morgan fingerprint density at radius 2 is 2.28 bits per heavy atom. The van der Waals surface area contributed by atoms with Gasteiger partial charge in [0.25, 0.3) is 0 Å². The molecule has 0 aliphatic rings. The van der Waals surface area contributed by atoms with Gasteiger partial charge in [-0.25, -0.2) is 4.79 Å². The molecule has 5 N–H and O–H groups in total. The molecule has 0 saturated carbocycles. The monoisotopic (exact) mass is 254 g/mol. The van der Waals surface area contributed by atoms with Crippen LogP contribution in [-0.4, -0.2) is 26.9 Å². The van der Waals surface area contributed by atoms with Crippen molar-refractivity contribution in [3.05, 3.63) is 11.9 Å². The summed E-state index contributed by atoms with van der Waals surface area (Å²) in [6.07, 6.45) is 3.61. The molecule has 18 heavy (non-hydrogen) atoms. The number of amides is 3. The van der Waals surface area contributed by atoms with E-state index in [9.17, 15) is 9.59 Å². The molecule has 3 amide bonds. The van der Waals surface area contributed by atoms with Crippen molar-refractivity contribution in [2.24, 2.45) is 11.5 Å². The second-order valence-electron chi connectivity index (χ2n) is 3.96. The number of nitrogens with zero attached hydrogens (tertiary/aromatic N) is 3. The molecule has 0 fully saturated rings. The van der Waals surface area contributed by atoms with Crippen LogP contribution in [-0.2, 0) is 11.3 Å². The summed E-state index contributed by atoms with van der Waals surface area (Å²) in [6.45, 7) is 2.36. The summed E-state index contributed by atoms with van der Waals surface area (Å²) in [4.78, 5) is 21.6. The molecule has 0 spiro atoms. The Balaban J connectivity index is 2.44. The molecular weight excluding hydrogens is 236 g/mol. The number of nitrogens with one attached hydrogen (secondary N) is 1. The van der Waals surface area contributed by atoms with Gasteiger partial charge in [-0.3, -0.25) is 14.8 Å². The average molecular weight is 254 g/mol. The molecule has 1 unspecified atom stereocenters. The molecule has 1 rings (SSSR count). The van der Waals surface area contributed by atoms with Crippen molar-refractivity contribution in [1.29, 1.82) is 0 Å². The zero-order valence-electron chi connectivity index (χ0n) is 10.3. The summed E-state index contributed by atoms with van der Waals surface area (Å²) in [6, 6.07) is -0.993. The van der Waals surface area contributed by atoms with Crippen molar-refractivity contribution in [3.63, 3.8) is 0 Å². The van der Waals surface area contributed by atoms with Crippen LogP contribution in [0.1, 0.15) is 37.9 Å². The summed E-state index contributed by atoms with van der Waals surface area (Å²) >= 11 is 0. The largest absolute Gasteiger partial charge is 0.351 e. The molecular formula is C10H18N6O2. The molecule has 1 aromatic heterocycles. The number of primary amides is 1. The molecule has 100 valence electrons. The third-order valence-electron chi connectivity index (χ3n) is 2.37. The van der Waals surface area contributed by atoms with E-state index in [0.717, 1.165) is 12.8 Å². The zero-order chi connectivity index (χ0) is 13.5. The molecule has 8 nitrogen and oxygen atoms in total. The minimum atomic E-state index is -0.857. The lowest BCUT2D eigenvalue weighted by molar-refractivity contribution is -0.120. The highest BCUT2D eigenvalue weighted by atomic mass is 16.2. The van der Waals surface area contributed by atoms with E-state index in [-0.39, 0.29) is 12.5 Å². The quantitative estimate of drug-likeness (QED) is 0.639. The maximum atomic E-state index is 11.2. The number of urea groups is 1. The second-order valence-corrected chi connectivity index (χ2v) is 3.96. The van der Waals surface area contributed by atoms with Crippen molar-refractivity contribution in [2.75, 3.05) is 0 Å². The van der Waals surface area contributed by atoms with Gasteiger partial charge in [-0.15, -0.1) is 5.10 Å².